The number of hydrogen-bond donors (Lipinski definition) is 4. The second-order valence-corrected chi connectivity index (χ2v) is 11.5. The second kappa shape index (κ2) is 22.4. The average molecular weight is 681 g/mol. The predicted molar refractivity (Wildman–Crippen MR) is 202 cm³/mol. The van der Waals surface area contributed by atoms with Gasteiger partial charge in [-0.25, -0.2) is 4.98 Å². The topological polar surface area (TPSA) is 140 Å². The van der Waals surface area contributed by atoms with Crippen molar-refractivity contribution in [1.29, 1.82) is 0 Å². The zero-order valence-corrected chi connectivity index (χ0v) is 29.6. The largest absolute Gasteiger partial charge is 0.466 e. The van der Waals surface area contributed by atoms with Gasteiger partial charge in [-0.3, -0.25) is 14.4 Å². The number of benzene rings is 2. The van der Waals surface area contributed by atoms with Crippen molar-refractivity contribution in [2.75, 3.05) is 18.5 Å². The van der Waals surface area contributed by atoms with Gasteiger partial charge in [0, 0.05) is 31.3 Å². The lowest BCUT2D eigenvalue weighted by Gasteiger charge is -2.14. The molecule has 5 N–H and O–H groups in total. The molecule has 3 rings (SSSR count). The Balaban J connectivity index is 1.37. The highest BCUT2D eigenvalue weighted by Crippen LogP contribution is 2.19. The molecule has 0 aliphatic carbocycles. The zero-order valence-electron chi connectivity index (χ0n) is 29.6. The van der Waals surface area contributed by atoms with Crippen LogP contribution in [-0.2, 0) is 27.9 Å². The van der Waals surface area contributed by atoms with Gasteiger partial charge in [-0.05, 0) is 74.9 Å². The highest BCUT2D eigenvalue weighted by atomic mass is 16.5. The number of amides is 2. The molecule has 1 atom stereocenters. The molecule has 10 nitrogen and oxygen atoms in total. The molecule has 10 heteroatoms. The van der Waals surface area contributed by atoms with Crippen molar-refractivity contribution in [3.63, 3.8) is 0 Å². The Labute approximate surface area is 296 Å². The number of ether oxygens (including phenoxy) is 1. The Hall–Kier alpha value is -5.22. The predicted octanol–water partition coefficient (Wildman–Crippen LogP) is 7.08. The molecule has 2 aromatic carbocycles. The number of anilines is 1. The van der Waals surface area contributed by atoms with Crippen LogP contribution < -0.4 is 21.7 Å². The van der Waals surface area contributed by atoms with E-state index < -0.39 is 6.17 Å². The summed E-state index contributed by atoms with van der Waals surface area (Å²) < 4.78 is 6.87. The summed E-state index contributed by atoms with van der Waals surface area (Å²) in [4.78, 5) is 41.2. The van der Waals surface area contributed by atoms with Crippen LogP contribution in [-0.4, -0.2) is 40.5 Å². The SMILES string of the molecule is CC/C=C\C/C=C\C/C=C\C/C=C\C/C=C\CC(=O)NC(N)c1ccc(NCc2nc3cc(C(=O)NCCC(=O)OCC)ccc3n2C)cc1. The van der Waals surface area contributed by atoms with Gasteiger partial charge < -0.3 is 31.0 Å². The van der Waals surface area contributed by atoms with Crippen molar-refractivity contribution in [1.82, 2.24) is 20.2 Å². The maximum Gasteiger partial charge on any atom is 0.307 e. The Morgan fingerprint density at radius 3 is 2.10 bits per heavy atom. The fourth-order valence-corrected chi connectivity index (χ4v) is 4.91. The number of fused-ring (bicyclic) bond motifs is 1. The van der Waals surface area contributed by atoms with Crippen LogP contribution in [0.25, 0.3) is 11.0 Å². The Morgan fingerprint density at radius 1 is 0.860 bits per heavy atom. The number of carbonyl (C=O) groups excluding carboxylic acids is 3. The standard InChI is InChI=1S/C40H52N6O4/c1-4-6-7-8-9-10-11-12-13-14-15-16-17-18-19-20-37(47)45-39(41)31-21-24-33(25-22-31)43-30-36-44-34-29-32(23-26-35(34)46(36)3)40(49)42-28-27-38(48)50-5-2/h6-7,9-10,12-13,15-16,18-19,21-26,29,39,43H,4-5,8,11,14,17,20,27-28,30,41H2,1-3H3,(H,42,49)(H,45,47)/b7-6-,10-9-,13-12-,16-15-,19-18-. The maximum absolute atomic E-state index is 12.6. The van der Waals surface area contributed by atoms with Crippen molar-refractivity contribution in [3.8, 4) is 0 Å². The lowest BCUT2D eigenvalue weighted by Crippen LogP contribution is -2.33. The number of nitrogens with one attached hydrogen (secondary N) is 3. The van der Waals surface area contributed by atoms with Crippen molar-refractivity contribution >= 4 is 34.5 Å². The third kappa shape index (κ3) is 14.1. The van der Waals surface area contributed by atoms with Crippen LogP contribution in [0.2, 0.25) is 0 Å². The molecule has 1 heterocycles. The molecule has 0 saturated carbocycles. The van der Waals surface area contributed by atoms with Gasteiger partial charge in [0.05, 0.1) is 30.6 Å². The van der Waals surface area contributed by atoms with Crippen molar-refractivity contribution < 1.29 is 19.1 Å². The molecule has 0 aliphatic rings. The van der Waals surface area contributed by atoms with Crippen LogP contribution in [0.15, 0.2) is 103 Å². The highest BCUT2D eigenvalue weighted by Gasteiger charge is 2.13. The molecule has 0 radical (unpaired) electrons. The van der Waals surface area contributed by atoms with E-state index in [1.54, 1.807) is 19.1 Å². The number of aryl methyl sites for hydroxylation is 1. The minimum Gasteiger partial charge on any atom is -0.466 e. The first-order chi connectivity index (χ1) is 24.3. The van der Waals surface area contributed by atoms with Crippen LogP contribution in [0.1, 0.15) is 86.7 Å². The van der Waals surface area contributed by atoms with Gasteiger partial charge in [0.25, 0.3) is 5.91 Å². The van der Waals surface area contributed by atoms with Gasteiger partial charge in [0.1, 0.15) is 12.0 Å². The van der Waals surface area contributed by atoms with Gasteiger partial charge in [-0.2, -0.15) is 0 Å². The van der Waals surface area contributed by atoms with E-state index in [1.807, 2.05) is 54.1 Å². The zero-order chi connectivity index (χ0) is 36.0. The van der Waals surface area contributed by atoms with Gasteiger partial charge in [-0.15, -0.1) is 0 Å². The van der Waals surface area contributed by atoms with Gasteiger partial charge in [-0.1, -0.05) is 79.8 Å². The van der Waals surface area contributed by atoms with Gasteiger partial charge in [0.15, 0.2) is 0 Å². The van der Waals surface area contributed by atoms with Crippen LogP contribution in [0.5, 0.6) is 0 Å². The quantitative estimate of drug-likeness (QED) is 0.0535. The normalized spacial score (nSPS) is 12.6. The van der Waals surface area contributed by atoms with Gasteiger partial charge >= 0.3 is 5.97 Å². The average Bonchev–Trinajstić information content (AvgIpc) is 3.43. The lowest BCUT2D eigenvalue weighted by molar-refractivity contribution is -0.142. The molecular weight excluding hydrogens is 628 g/mol. The molecule has 0 fully saturated rings. The Bertz CT molecular complexity index is 1670. The van der Waals surface area contributed by atoms with Gasteiger partial charge in [0.2, 0.25) is 5.91 Å². The maximum atomic E-state index is 12.6. The Kier molecular flexibility index (Phi) is 17.6. The van der Waals surface area contributed by atoms with E-state index in [4.69, 9.17) is 15.5 Å². The molecule has 2 amide bonds. The number of nitrogens with zero attached hydrogens (tertiary/aromatic N) is 2. The molecule has 3 aromatic rings. The number of aromatic nitrogens is 2. The van der Waals surface area contributed by atoms with Crippen LogP contribution in [0.4, 0.5) is 5.69 Å². The molecule has 0 spiro atoms. The van der Waals surface area contributed by atoms with E-state index in [1.165, 1.54) is 0 Å². The smallest absolute Gasteiger partial charge is 0.307 e. The summed E-state index contributed by atoms with van der Waals surface area (Å²) in [6.07, 6.45) is 25.6. The number of carbonyl (C=O) groups is 3. The first-order valence-electron chi connectivity index (χ1n) is 17.3. The third-order valence-electron chi connectivity index (χ3n) is 7.65. The van der Waals surface area contributed by atoms with E-state index in [9.17, 15) is 14.4 Å². The fourth-order valence-electron chi connectivity index (χ4n) is 4.91. The van der Waals surface area contributed by atoms with Crippen molar-refractivity contribution in [2.24, 2.45) is 12.8 Å². The first-order valence-corrected chi connectivity index (χ1v) is 17.3. The van der Waals surface area contributed by atoms with Crippen molar-refractivity contribution in [3.05, 3.63) is 120 Å². The van der Waals surface area contributed by atoms with Crippen LogP contribution in [0, 0.1) is 0 Å². The number of nitrogens with two attached hydrogens (primary N) is 1. The molecule has 266 valence electrons. The second-order valence-electron chi connectivity index (χ2n) is 11.5. The van der Waals surface area contributed by atoms with E-state index >= 15 is 0 Å². The summed E-state index contributed by atoms with van der Waals surface area (Å²) in [5.41, 5.74) is 9.98. The molecule has 0 bridgehead atoms. The summed E-state index contributed by atoms with van der Waals surface area (Å²) in [5, 5.41) is 8.96. The summed E-state index contributed by atoms with van der Waals surface area (Å²) in [6.45, 7) is 4.86. The van der Waals surface area contributed by atoms with Crippen LogP contribution >= 0.6 is 0 Å². The number of allylic oxidation sites excluding steroid dienone is 9. The molecule has 0 aliphatic heterocycles. The van der Waals surface area contributed by atoms with E-state index in [0.717, 1.165) is 54.7 Å². The molecule has 0 saturated heterocycles. The molecule has 50 heavy (non-hydrogen) atoms. The number of hydrogen-bond acceptors (Lipinski definition) is 7. The molecule has 1 aromatic heterocycles. The highest BCUT2D eigenvalue weighted by molar-refractivity contribution is 5.97. The molecule has 1 unspecified atom stereocenters. The minimum absolute atomic E-state index is 0.120. The first kappa shape index (κ1) is 39.2. The Morgan fingerprint density at radius 2 is 1.48 bits per heavy atom. The van der Waals surface area contributed by atoms with Crippen LogP contribution in [0.3, 0.4) is 0 Å². The monoisotopic (exact) mass is 680 g/mol. The number of esters is 1. The summed E-state index contributed by atoms with van der Waals surface area (Å²) in [5.74, 6) is 0.0378. The lowest BCUT2D eigenvalue weighted by atomic mass is 10.1. The van der Waals surface area contributed by atoms with E-state index in [2.05, 4.69) is 71.5 Å². The van der Waals surface area contributed by atoms with E-state index in [-0.39, 0.29) is 37.2 Å². The third-order valence-corrected chi connectivity index (χ3v) is 7.65. The van der Waals surface area contributed by atoms with E-state index in [0.29, 0.717) is 24.2 Å². The number of rotatable bonds is 21. The summed E-state index contributed by atoms with van der Waals surface area (Å²) >= 11 is 0. The summed E-state index contributed by atoms with van der Waals surface area (Å²) in [6, 6.07) is 12.9. The van der Waals surface area contributed by atoms with Crippen molar-refractivity contribution in [2.45, 2.75) is 71.5 Å². The summed E-state index contributed by atoms with van der Waals surface area (Å²) in [7, 11) is 1.93. The molecular formula is C40H52N6O4. The fraction of sp³-hybridized carbons (Fsp3) is 0.350. The number of imidazole rings is 1. The minimum atomic E-state index is -0.615.